The Balaban J connectivity index is 1.99. The van der Waals surface area contributed by atoms with E-state index in [9.17, 15) is 9.90 Å². The minimum Gasteiger partial charge on any atom is -0.395 e. The lowest BCUT2D eigenvalue weighted by Crippen LogP contribution is -2.48. The third-order valence-corrected chi connectivity index (χ3v) is 3.50. The van der Waals surface area contributed by atoms with E-state index < -0.39 is 5.41 Å². The second kappa shape index (κ2) is 4.29. The fourth-order valence-electron chi connectivity index (χ4n) is 2.25. The quantitative estimate of drug-likeness (QED) is 0.802. The van der Waals surface area contributed by atoms with Crippen LogP contribution in [0.2, 0.25) is 0 Å². The van der Waals surface area contributed by atoms with Gasteiger partial charge in [0.2, 0.25) is 5.91 Å². The standard InChI is InChI=1S/C12H18N2O2/c1-14(8-10-3-6-13-7-10)11(16)12(9-15)4-2-5-12/h3,6-7,13,15H,2,4-5,8-9H2,1H3. The minimum atomic E-state index is -0.481. The summed E-state index contributed by atoms with van der Waals surface area (Å²) in [6, 6.07) is 1.95. The summed E-state index contributed by atoms with van der Waals surface area (Å²) in [5.74, 6) is 0.0717. The van der Waals surface area contributed by atoms with Crippen molar-refractivity contribution in [3.8, 4) is 0 Å². The van der Waals surface area contributed by atoms with Gasteiger partial charge in [-0.1, -0.05) is 6.42 Å². The Kier molecular flexibility index (Phi) is 3.01. The van der Waals surface area contributed by atoms with E-state index in [1.54, 1.807) is 11.9 Å². The van der Waals surface area contributed by atoms with E-state index in [1.807, 2.05) is 18.5 Å². The zero-order chi connectivity index (χ0) is 11.6. The van der Waals surface area contributed by atoms with Crippen molar-refractivity contribution in [2.24, 2.45) is 5.41 Å². The number of H-pyrrole nitrogens is 1. The molecule has 0 unspecified atom stereocenters. The normalized spacial score (nSPS) is 17.9. The van der Waals surface area contributed by atoms with Crippen molar-refractivity contribution >= 4 is 5.91 Å². The second-order valence-electron chi connectivity index (χ2n) is 4.67. The van der Waals surface area contributed by atoms with Crippen molar-refractivity contribution in [3.63, 3.8) is 0 Å². The third kappa shape index (κ3) is 1.85. The van der Waals surface area contributed by atoms with E-state index in [-0.39, 0.29) is 12.5 Å². The van der Waals surface area contributed by atoms with Gasteiger partial charge in [-0.2, -0.15) is 0 Å². The van der Waals surface area contributed by atoms with Gasteiger partial charge in [0, 0.05) is 26.0 Å². The molecule has 1 heterocycles. The summed E-state index contributed by atoms with van der Waals surface area (Å²) in [5.41, 5.74) is 0.605. The minimum absolute atomic E-state index is 0.0245. The first kappa shape index (κ1) is 11.2. The fourth-order valence-corrected chi connectivity index (χ4v) is 2.25. The average Bonchev–Trinajstić information content (AvgIpc) is 2.69. The van der Waals surface area contributed by atoms with Gasteiger partial charge in [-0.15, -0.1) is 0 Å². The van der Waals surface area contributed by atoms with Crippen LogP contribution >= 0.6 is 0 Å². The molecular weight excluding hydrogens is 204 g/mol. The molecule has 0 radical (unpaired) electrons. The molecular formula is C12H18N2O2. The number of hydrogen-bond donors (Lipinski definition) is 2. The molecule has 0 bridgehead atoms. The monoisotopic (exact) mass is 222 g/mol. The Morgan fingerprint density at radius 1 is 1.62 bits per heavy atom. The van der Waals surface area contributed by atoms with Crippen LogP contribution in [0.25, 0.3) is 0 Å². The molecule has 1 saturated carbocycles. The molecule has 1 amide bonds. The fraction of sp³-hybridized carbons (Fsp3) is 0.583. The van der Waals surface area contributed by atoms with Crippen molar-refractivity contribution < 1.29 is 9.90 Å². The highest BCUT2D eigenvalue weighted by molar-refractivity contribution is 5.83. The molecule has 0 spiro atoms. The molecule has 0 atom stereocenters. The molecule has 2 rings (SSSR count). The maximum Gasteiger partial charge on any atom is 0.231 e. The highest BCUT2D eigenvalue weighted by atomic mass is 16.3. The van der Waals surface area contributed by atoms with Crippen LogP contribution in [0.15, 0.2) is 18.5 Å². The van der Waals surface area contributed by atoms with Gasteiger partial charge in [-0.25, -0.2) is 0 Å². The van der Waals surface area contributed by atoms with E-state index >= 15 is 0 Å². The molecule has 1 aromatic rings. The summed E-state index contributed by atoms with van der Waals surface area (Å²) in [6.45, 7) is 0.577. The Hall–Kier alpha value is -1.29. The van der Waals surface area contributed by atoms with E-state index in [0.29, 0.717) is 6.54 Å². The molecule has 1 aliphatic carbocycles. The molecule has 1 fully saturated rings. The molecule has 0 aromatic carbocycles. The third-order valence-electron chi connectivity index (χ3n) is 3.50. The predicted octanol–water partition coefficient (Wildman–Crippen LogP) is 1.14. The maximum atomic E-state index is 12.2. The van der Waals surface area contributed by atoms with Crippen LogP contribution in [0.3, 0.4) is 0 Å². The van der Waals surface area contributed by atoms with Gasteiger partial charge in [0.15, 0.2) is 0 Å². The van der Waals surface area contributed by atoms with Crippen LogP contribution in [-0.2, 0) is 11.3 Å². The first-order chi connectivity index (χ1) is 7.68. The average molecular weight is 222 g/mol. The van der Waals surface area contributed by atoms with Crippen molar-refractivity contribution in [1.82, 2.24) is 9.88 Å². The summed E-state index contributed by atoms with van der Waals surface area (Å²) in [7, 11) is 1.80. The maximum absolute atomic E-state index is 12.2. The number of nitrogens with zero attached hydrogens (tertiary/aromatic N) is 1. The predicted molar refractivity (Wildman–Crippen MR) is 60.6 cm³/mol. The first-order valence-electron chi connectivity index (χ1n) is 5.66. The number of rotatable bonds is 4. The van der Waals surface area contributed by atoms with Crippen LogP contribution in [0, 0.1) is 5.41 Å². The van der Waals surface area contributed by atoms with Gasteiger partial charge < -0.3 is 15.0 Å². The van der Waals surface area contributed by atoms with Crippen LogP contribution < -0.4 is 0 Å². The van der Waals surface area contributed by atoms with E-state index in [2.05, 4.69) is 4.98 Å². The Labute approximate surface area is 95.3 Å². The van der Waals surface area contributed by atoms with E-state index in [0.717, 1.165) is 24.8 Å². The molecule has 4 nitrogen and oxygen atoms in total. The number of carbonyl (C=O) groups excluding carboxylic acids is 1. The molecule has 2 N–H and O–H groups in total. The van der Waals surface area contributed by atoms with Crippen LogP contribution in [0.5, 0.6) is 0 Å². The van der Waals surface area contributed by atoms with Gasteiger partial charge in [0.1, 0.15) is 0 Å². The Morgan fingerprint density at radius 2 is 2.38 bits per heavy atom. The molecule has 0 saturated heterocycles. The summed E-state index contributed by atoms with van der Waals surface area (Å²) in [4.78, 5) is 16.8. The smallest absolute Gasteiger partial charge is 0.231 e. The number of carbonyl (C=O) groups is 1. The first-order valence-corrected chi connectivity index (χ1v) is 5.66. The highest BCUT2D eigenvalue weighted by Crippen LogP contribution is 2.41. The topological polar surface area (TPSA) is 56.3 Å². The SMILES string of the molecule is CN(Cc1cc[nH]c1)C(=O)C1(CO)CCC1. The van der Waals surface area contributed by atoms with Gasteiger partial charge in [-0.05, 0) is 24.5 Å². The largest absolute Gasteiger partial charge is 0.395 e. The lowest BCUT2D eigenvalue weighted by molar-refractivity contribution is -0.150. The summed E-state index contributed by atoms with van der Waals surface area (Å²) in [6.07, 6.45) is 6.42. The van der Waals surface area contributed by atoms with Gasteiger partial charge in [0.05, 0.1) is 12.0 Å². The number of aliphatic hydroxyl groups is 1. The van der Waals surface area contributed by atoms with Crippen molar-refractivity contribution in [3.05, 3.63) is 24.0 Å². The van der Waals surface area contributed by atoms with Crippen LogP contribution in [-0.4, -0.2) is 34.6 Å². The molecule has 4 heteroatoms. The molecule has 1 aliphatic rings. The zero-order valence-electron chi connectivity index (χ0n) is 9.57. The number of amides is 1. The molecule has 0 aliphatic heterocycles. The van der Waals surface area contributed by atoms with Crippen molar-refractivity contribution in [2.75, 3.05) is 13.7 Å². The van der Waals surface area contributed by atoms with Gasteiger partial charge in [-0.3, -0.25) is 4.79 Å². The molecule has 88 valence electrons. The number of hydrogen-bond acceptors (Lipinski definition) is 2. The van der Waals surface area contributed by atoms with E-state index in [4.69, 9.17) is 0 Å². The molecule has 16 heavy (non-hydrogen) atoms. The number of nitrogens with one attached hydrogen (secondary N) is 1. The lowest BCUT2D eigenvalue weighted by Gasteiger charge is -2.41. The summed E-state index contributed by atoms with van der Waals surface area (Å²) >= 11 is 0. The molecule has 1 aromatic heterocycles. The lowest BCUT2D eigenvalue weighted by atomic mass is 9.68. The van der Waals surface area contributed by atoms with Gasteiger partial charge in [0.25, 0.3) is 0 Å². The van der Waals surface area contributed by atoms with Gasteiger partial charge >= 0.3 is 0 Å². The van der Waals surface area contributed by atoms with Crippen LogP contribution in [0.1, 0.15) is 24.8 Å². The summed E-state index contributed by atoms with van der Waals surface area (Å²) in [5, 5.41) is 9.33. The zero-order valence-corrected chi connectivity index (χ0v) is 9.57. The van der Waals surface area contributed by atoms with Crippen LogP contribution in [0.4, 0.5) is 0 Å². The number of aromatic amines is 1. The number of aliphatic hydroxyl groups excluding tert-OH is 1. The second-order valence-corrected chi connectivity index (χ2v) is 4.67. The highest BCUT2D eigenvalue weighted by Gasteiger charge is 2.44. The van der Waals surface area contributed by atoms with E-state index in [1.165, 1.54) is 0 Å². The van der Waals surface area contributed by atoms with Crippen molar-refractivity contribution in [2.45, 2.75) is 25.8 Å². The number of aromatic nitrogens is 1. The summed E-state index contributed by atoms with van der Waals surface area (Å²) < 4.78 is 0. The Bertz CT molecular complexity index is 350. The Morgan fingerprint density at radius 3 is 2.81 bits per heavy atom. The van der Waals surface area contributed by atoms with Crippen molar-refractivity contribution in [1.29, 1.82) is 0 Å².